The summed E-state index contributed by atoms with van der Waals surface area (Å²) in [4.78, 5) is 27.1. The highest BCUT2D eigenvalue weighted by Crippen LogP contribution is 2.43. The van der Waals surface area contributed by atoms with Gasteiger partial charge in [-0.1, -0.05) is 42.0 Å². The lowest BCUT2D eigenvalue weighted by Crippen LogP contribution is -2.30. The summed E-state index contributed by atoms with van der Waals surface area (Å²) in [7, 11) is 0. The monoisotopic (exact) mass is 433 g/mol. The van der Waals surface area contributed by atoms with Gasteiger partial charge in [-0.15, -0.1) is 0 Å². The Morgan fingerprint density at radius 3 is 2.31 bits per heavy atom. The topological polar surface area (TPSA) is 57.6 Å². The van der Waals surface area contributed by atoms with E-state index in [0.717, 1.165) is 33.7 Å². The predicted molar refractivity (Wildman–Crippen MR) is 118 cm³/mol. The number of hydrogen-bond acceptors (Lipinski definition) is 3. The molecule has 1 amide bonds. The van der Waals surface area contributed by atoms with Crippen LogP contribution in [0.3, 0.4) is 0 Å². The summed E-state index contributed by atoms with van der Waals surface area (Å²) in [5.74, 6) is -4.05. The molecule has 1 aliphatic rings. The second-order valence-electron chi connectivity index (χ2n) is 7.98. The summed E-state index contributed by atoms with van der Waals surface area (Å²) in [5.41, 5.74) is 3.29. The third kappa shape index (κ3) is 3.58. The molecule has 4 nitrogen and oxygen atoms in total. The lowest BCUT2D eigenvalue weighted by atomic mass is 9.93. The van der Waals surface area contributed by atoms with Crippen molar-refractivity contribution in [3.63, 3.8) is 0 Å². The van der Waals surface area contributed by atoms with Gasteiger partial charge in [0, 0.05) is 11.6 Å². The molecule has 0 saturated carbocycles. The molecule has 162 valence electrons. The molecular weight excluding hydrogens is 412 g/mol. The fourth-order valence-corrected chi connectivity index (χ4v) is 3.96. The van der Waals surface area contributed by atoms with Crippen LogP contribution < -0.4 is 4.90 Å². The van der Waals surface area contributed by atoms with E-state index in [1.807, 2.05) is 32.9 Å². The van der Waals surface area contributed by atoms with Crippen LogP contribution in [-0.4, -0.2) is 16.8 Å². The van der Waals surface area contributed by atoms with Crippen LogP contribution in [0.4, 0.5) is 14.5 Å². The zero-order chi connectivity index (χ0) is 23.2. The maximum atomic E-state index is 14.7. The number of ketones is 1. The van der Waals surface area contributed by atoms with Crippen LogP contribution in [0.5, 0.6) is 0 Å². The first-order chi connectivity index (χ1) is 15.2. The highest BCUT2D eigenvalue weighted by molar-refractivity contribution is 6.51. The van der Waals surface area contributed by atoms with Crippen LogP contribution >= 0.6 is 0 Å². The molecule has 1 aliphatic heterocycles. The number of aliphatic hydroxyl groups excluding tert-OH is 1. The maximum absolute atomic E-state index is 14.7. The van der Waals surface area contributed by atoms with Gasteiger partial charge >= 0.3 is 0 Å². The van der Waals surface area contributed by atoms with E-state index < -0.39 is 29.4 Å². The molecule has 0 bridgehead atoms. The van der Waals surface area contributed by atoms with Crippen molar-refractivity contribution in [2.45, 2.75) is 26.8 Å². The highest BCUT2D eigenvalue weighted by Gasteiger charge is 2.47. The van der Waals surface area contributed by atoms with Crippen LogP contribution in [0.15, 0.2) is 66.2 Å². The second kappa shape index (κ2) is 8.04. The van der Waals surface area contributed by atoms with Gasteiger partial charge in [0.25, 0.3) is 11.7 Å². The standard InChI is InChI=1S/C26H21F2NO3/c1-14-5-4-6-17(11-14)23-22(24(30)18-8-7-15(2)16(3)12-18)25(31)26(32)29(23)21-10-9-19(27)13-20(21)28/h4-13,23,30H,1-3H3/b24-22+. The van der Waals surface area contributed by atoms with Gasteiger partial charge in [-0.2, -0.15) is 0 Å². The minimum absolute atomic E-state index is 0.146. The minimum Gasteiger partial charge on any atom is -0.507 e. The van der Waals surface area contributed by atoms with Crippen molar-refractivity contribution in [2.75, 3.05) is 4.90 Å². The number of hydrogen-bond donors (Lipinski definition) is 1. The van der Waals surface area contributed by atoms with Crippen molar-refractivity contribution in [2.24, 2.45) is 0 Å². The van der Waals surface area contributed by atoms with E-state index in [2.05, 4.69) is 0 Å². The maximum Gasteiger partial charge on any atom is 0.300 e. The lowest BCUT2D eigenvalue weighted by Gasteiger charge is -2.26. The summed E-state index contributed by atoms with van der Waals surface area (Å²) in [5, 5.41) is 11.1. The third-order valence-electron chi connectivity index (χ3n) is 5.75. The summed E-state index contributed by atoms with van der Waals surface area (Å²) in [6, 6.07) is 14.0. The van der Waals surface area contributed by atoms with Crippen molar-refractivity contribution in [3.05, 3.63) is 106 Å². The first kappa shape index (κ1) is 21.4. The molecule has 1 atom stereocenters. The summed E-state index contributed by atoms with van der Waals surface area (Å²) in [6.45, 7) is 5.64. The van der Waals surface area contributed by atoms with E-state index in [9.17, 15) is 23.5 Å². The van der Waals surface area contributed by atoms with Crippen molar-refractivity contribution in [3.8, 4) is 0 Å². The van der Waals surface area contributed by atoms with Gasteiger partial charge in [-0.3, -0.25) is 14.5 Å². The number of carbonyl (C=O) groups excluding carboxylic acids is 2. The Balaban J connectivity index is 1.99. The Morgan fingerprint density at radius 2 is 1.66 bits per heavy atom. The van der Waals surface area contributed by atoms with Gasteiger partial charge in [0.15, 0.2) is 0 Å². The van der Waals surface area contributed by atoms with Crippen molar-refractivity contribution < 1.29 is 23.5 Å². The number of nitrogens with zero attached hydrogens (tertiary/aromatic N) is 1. The van der Waals surface area contributed by atoms with Gasteiger partial charge in [-0.05, 0) is 55.7 Å². The molecular formula is C26H21F2NO3. The average Bonchev–Trinajstić information content (AvgIpc) is 3.00. The molecule has 0 aliphatic carbocycles. The van der Waals surface area contributed by atoms with Gasteiger partial charge in [-0.25, -0.2) is 8.78 Å². The first-order valence-corrected chi connectivity index (χ1v) is 10.1. The molecule has 32 heavy (non-hydrogen) atoms. The number of Topliss-reactive ketones (excluding diaryl/α,β-unsaturated/α-hetero) is 1. The van der Waals surface area contributed by atoms with Crippen molar-refractivity contribution in [1.29, 1.82) is 0 Å². The number of aliphatic hydroxyl groups is 1. The average molecular weight is 433 g/mol. The number of amides is 1. The van der Waals surface area contributed by atoms with Gasteiger partial charge in [0.1, 0.15) is 17.4 Å². The molecule has 0 radical (unpaired) electrons. The Bertz CT molecular complexity index is 1300. The molecule has 4 rings (SSSR count). The van der Waals surface area contributed by atoms with Crippen LogP contribution in [-0.2, 0) is 9.59 Å². The number of anilines is 1. The van der Waals surface area contributed by atoms with Crippen LogP contribution in [0, 0.1) is 32.4 Å². The number of benzene rings is 3. The Hall–Kier alpha value is -3.80. The number of carbonyl (C=O) groups is 2. The van der Waals surface area contributed by atoms with Crippen molar-refractivity contribution in [1.82, 2.24) is 0 Å². The first-order valence-electron chi connectivity index (χ1n) is 10.1. The zero-order valence-electron chi connectivity index (χ0n) is 17.8. The van der Waals surface area contributed by atoms with Gasteiger partial charge < -0.3 is 5.11 Å². The normalized spacial score (nSPS) is 17.8. The number of aryl methyl sites for hydroxylation is 3. The van der Waals surface area contributed by atoms with E-state index in [-0.39, 0.29) is 17.0 Å². The molecule has 1 N–H and O–H groups in total. The van der Waals surface area contributed by atoms with E-state index in [4.69, 9.17) is 0 Å². The smallest absolute Gasteiger partial charge is 0.300 e. The molecule has 6 heteroatoms. The lowest BCUT2D eigenvalue weighted by molar-refractivity contribution is -0.132. The predicted octanol–water partition coefficient (Wildman–Crippen LogP) is 5.52. The quantitative estimate of drug-likeness (QED) is 0.336. The fourth-order valence-electron chi connectivity index (χ4n) is 3.96. The highest BCUT2D eigenvalue weighted by atomic mass is 19.1. The molecule has 0 aromatic heterocycles. The molecule has 3 aromatic carbocycles. The zero-order valence-corrected chi connectivity index (χ0v) is 17.8. The van der Waals surface area contributed by atoms with Crippen LogP contribution in [0.1, 0.15) is 33.9 Å². The van der Waals surface area contributed by atoms with E-state index in [1.165, 1.54) is 0 Å². The molecule has 3 aromatic rings. The largest absolute Gasteiger partial charge is 0.507 e. The Kier molecular flexibility index (Phi) is 5.38. The molecule has 1 unspecified atom stereocenters. The molecule has 1 heterocycles. The minimum atomic E-state index is -1.07. The molecule has 0 spiro atoms. The van der Waals surface area contributed by atoms with E-state index in [1.54, 1.807) is 30.3 Å². The summed E-state index contributed by atoms with van der Waals surface area (Å²) < 4.78 is 28.2. The van der Waals surface area contributed by atoms with Gasteiger partial charge in [0.05, 0.1) is 17.3 Å². The van der Waals surface area contributed by atoms with E-state index >= 15 is 0 Å². The summed E-state index contributed by atoms with van der Waals surface area (Å²) in [6.07, 6.45) is 0. The van der Waals surface area contributed by atoms with Crippen molar-refractivity contribution >= 4 is 23.1 Å². The Morgan fingerprint density at radius 1 is 0.906 bits per heavy atom. The fraction of sp³-hybridized carbons (Fsp3) is 0.154. The van der Waals surface area contributed by atoms with Gasteiger partial charge in [0.2, 0.25) is 0 Å². The number of rotatable bonds is 3. The second-order valence-corrected chi connectivity index (χ2v) is 7.98. The third-order valence-corrected chi connectivity index (χ3v) is 5.75. The van der Waals surface area contributed by atoms with E-state index in [0.29, 0.717) is 17.2 Å². The summed E-state index contributed by atoms with van der Waals surface area (Å²) >= 11 is 0. The molecule has 1 fully saturated rings. The molecule has 1 saturated heterocycles. The Labute approximate surface area is 184 Å². The van der Waals surface area contributed by atoms with Crippen LogP contribution in [0.2, 0.25) is 0 Å². The SMILES string of the molecule is Cc1cccc(C2/C(=C(\O)c3ccc(C)c(C)c3)C(=O)C(=O)N2c2ccc(F)cc2F)c1. The number of halogens is 2. The van der Waals surface area contributed by atoms with Crippen LogP contribution in [0.25, 0.3) is 5.76 Å².